The van der Waals surface area contributed by atoms with Crippen molar-refractivity contribution >= 4 is 17.2 Å². The van der Waals surface area contributed by atoms with E-state index >= 15 is 0 Å². The Morgan fingerprint density at radius 2 is 2.03 bits per heavy atom. The third-order valence-electron chi connectivity index (χ3n) is 5.76. The van der Waals surface area contributed by atoms with Gasteiger partial charge in [-0.15, -0.1) is 11.3 Å². The normalized spacial score (nSPS) is 19.7. The number of likely N-dealkylation sites (tertiary alicyclic amines) is 1. The zero-order valence-electron chi connectivity index (χ0n) is 20.4. The molecule has 2 aromatic rings. The summed E-state index contributed by atoms with van der Waals surface area (Å²) < 4.78 is 0. The molecule has 1 saturated heterocycles. The molecule has 33 heavy (non-hydrogen) atoms. The average molecular weight is 473 g/mol. The second kappa shape index (κ2) is 10.3. The van der Waals surface area contributed by atoms with Gasteiger partial charge in [0.1, 0.15) is 5.69 Å². The number of aromatic nitrogens is 3. The molecule has 1 fully saturated rings. The lowest BCUT2D eigenvalue weighted by Crippen LogP contribution is -2.56. The van der Waals surface area contributed by atoms with E-state index in [1.54, 1.807) is 34.1 Å². The van der Waals surface area contributed by atoms with E-state index in [0.717, 1.165) is 22.0 Å². The Morgan fingerprint density at radius 1 is 1.30 bits per heavy atom. The van der Waals surface area contributed by atoms with E-state index in [4.69, 9.17) is 0 Å². The van der Waals surface area contributed by atoms with Gasteiger partial charge in [-0.1, -0.05) is 41.2 Å². The maximum atomic E-state index is 13.5. The standard InChI is InChI=1S/C24H36N6O2S/c1-14(2)29-22(24(5,6)7)23(32)30-12-18(31)8-20(30)15(3)25-9-17-10-27-19(11-26-17)21-16(4)28-13-33-21/h10-11,13-14,18,20,22,25,29,31H,3,8-9,12H2,1-2,4-7H3/t18-,20+,22-/m1/s1. The number of aryl methyl sites for hydroxylation is 1. The van der Waals surface area contributed by atoms with Gasteiger partial charge in [0.25, 0.3) is 0 Å². The number of thiazole rings is 1. The molecular formula is C24H36N6O2S. The van der Waals surface area contributed by atoms with Crippen molar-refractivity contribution in [3.05, 3.63) is 41.6 Å². The fraction of sp³-hybridized carbons (Fsp3) is 0.583. The first-order chi connectivity index (χ1) is 15.5. The van der Waals surface area contributed by atoms with Crippen LogP contribution >= 0.6 is 11.3 Å². The van der Waals surface area contributed by atoms with Gasteiger partial charge in [-0.2, -0.15) is 0 Å². The molecule has 180 valence electrons. The van der Waals surface area contributed by atoms with E-state index < -0.39 is 6.10 Å². The first-order valence-electron chi connectivity index (χ1n) is 11.4. The summed E-state index contributed by atoms with van der Waals surface area (Å²) in [6, 6.07) is -0.467. The quantitative estimate of drug-likeness (QED) is 0.543. The number of nitrogens with one attached hydrogen (secondary N) is 2. The lowest BCUT2D eigenvalue weighted by Gasteiger charge is -2.37. The van der Waals surface area contributed by atoms with Crippen molar-refractivity contribution in [1.82, 2.24) is 30.5 Å². The molecule has 0 spiro atoms. The number of rotatable bonds is 8. The van der Waals surface area contributed by atoms with Gasteiger partial charge in [-0.3, -0.25) is 14.8 Å². The Hall–Kier alpha value is -2.36. The van der Waals surface area contributed by atoms with Crippen molar-refractivity contribution in [1.29, 1.82) is 0 Å². The summed E-state index contributed by atoms with van der Waals surface area (Å²) in [6.45, 7) is 17.1. The van der Waals surface area contributed by atoms with Crippen LogP contribution in [0.5, 0.6) is 0 Å². The molecule has 0 aromatic carbocycles. The lowest BCUT2D eigenvalue weighted by molar-refractivity contribution is -0.137. The Morgan fingerprint density at radius 3 is 2.58 bits per heavy atom. The molecule has 1 amide bonds. The molecule has 2 aromatic heterocycles. The molecule has 3 heterocycles. The first kappa shape index (κ1) is 25.3. The Balaban J connectivity index is 1.66. The molecule has 3 atom stereocenters. The molecule has 3 N–H and O–H groups in total. The van der Waals surface area contributed by atoms with Crippen LogP contribution < -0.4 is 10.6 Å². The third kappa shape index (κ3) is 6.16. The van der Waals surface area contributed by atoms with Crippen molar-refractivity contribution in [2.24, 2.45) is 5.41 Å². The summed E-state index contributed by atoms with van der Waals surface area (Å²) in [5.74, 6) is -0.00947. The fourth-order valence-corrected chi connectivity index (χ4v) is 4.78. The molecule has 1 aliphatic heterocycles. The van der Waals surface area contributed by atoms with Crippen LogP contribution in [0, 0.1) is 12.3 Å². The number of β-amino-alcohol motifs (C(OH)–C–C–N with tert-alkyl or cyclic N) is 1. The van der Waals surface area contributed by atoms with Gasteiger partial charge in [0, 0.05) is 24.7 Å². The average Bonchev–Trinajstić information content (AvgIpc) is 3.35. The summed E-state index contributed by atoms with van der Waals surface area (Å²) in [5, 5.41) is 17.1. The monoisotopic (exact) mass is 472 g/mol. The number of hydrogen-bond donors (Lipinski definition) is 3. The number of carbonyl (C=O) groups is 1. The van der Waals surface area contributed by atoms with E-state index in [1.807, 2.05) is 20.8 Å². The van der Waals surface area contributed by atoms with E-state index in [-0.39, 0.29) is 29.4 Å². The van der Waals surface area contributed by atoms with Gasteiger partial charge in [0.15, 0.2) is 0 Å². The number of nitrogens with zero attached hydrogens (tertiary/aromatic N) is 4. The van der Waals surface area contributed by atoms with Crippen LogP contribution in [0.15, 0.2) is 30.2 Å². The number of carbonyl (C=O) groups excluding carboxylic acids is 1. The summed E-state index contributed by atoms with van der Waals surface area (Å²) in [4.78, 5) is 29.6. The first-order valence-corrected chi connectivity index (χ1v) is 12.2. The molecule has 3 rings (SSSR count). The largest absolute Gasteiger partial charge is 0.391 e. The molecule has 0 saturated carbocycles. The number of amides is 1. The van der Waals surface area contributed by atoms with E-state index in [1.165, 1.54) is 0 Å². The highest BCUT2D eigenvalue weighted by Crippen LogP contribution is 2.28. The highest BCUT2D eigenvalue weighted by Gasteiger charge is 2.42. The SMILES string of the molecule is C=C(NCc1cnc(-c2scnc2C)cn1)[C@@H]1C[C@@H](O)CN1C(=O)[C@@H](NC(C)C)C(C)(C)C. The van der Waals surface area contributed by atoms with E-state index in [2.05, 4.69) is 52.9 Å². The molecule has 8 nitrogen and oxygen atoms in total. The van der Waals surface area contributed by atoms with Crippen LogP contribution in [0.3, 0.4) is 0 Å². The minimum absolute atomic E-state index is 0.00947. The Bertz CT molecular complexity index is 966. The minimum atomic E-state index is -0.570. The maximum absolute atomic E-state index is 13.5. The van der Waals surface area contributed by atoms with E-state index in [0.29, 0.717) is 25.2 Å². The molecule has 0 unspecified atom stereocenters. The smallest absolute Gasteiger partial charge is 0.240 e. The zero-order valence-corrected chi connectivity index (χ0v) is 21.2. The van der Waals surface area contributed by atoms with Crippen LogP contribution in [0.25, 0.3) is 10.6 Å². The predicted molar refractivity (Wildman–Crippen MR) is 131 cm³/mol. The van der Waals surface area contributed by atoms with Crippen molar-refractivity contribution in [2.75, 3.05) is 6.54 Å². The van der Waals surface area contributed by atoms with Gasteiger partial charge < -0.3 is 20.6 Å². The molecule has 0 radical (unpaired) electrons. The summed E-state index contributed by atoms with van der Waals surface area (Å²) >= 11 is 1.54. The molecule has 1 aliphatic rings. The van der Waals surface area contributed by atoms with Crippen molar-refractivity contribution in [3.63, 3.8) is 0 Å². The highest BCUT2D eigenvalue weighted by molar-refractivity contribution is 7.13. The van der Waals surface area contributed by atoms with Gasteiger partial charge >= 0.3 is 0 Å². The van der Waals surface area contributed by atoms with Crippen molar-refractivity contribution in [3.8, 4) is 10.6 Å². The Kier molecular flexibility index (Phi) is 7.87. The van der Waals surface area contributed by atoms with Crippen LogP contribution in [0.2, 0.25) is 0 Å². The summed E-state index contributed by atoms with van der Waals surface area (Å²) in [7, 11) is 0. The number of aliphatic hydroxyl groups is 1. The lowest BCUT2D eigenvalue weighted by atomic mass is 9.85. The predicted octanol–water partition coefficient (Wildman–Crippen LogP) is 2.89. The maximum Gasteiger partial charge on any atom is 0.240 e. The summed E-state index contributed by atoms with van der Waals surface area (Å²) in [5.41, 5.74) is 4.75. The molecule has 0 aliphatic carbocycles. The molecule has 9 heteroatoms. The summed E-state index contributed by atoms with van der Waals surface area (Å²) in [6.07, 6.45) is 3.38. The Labute approximate surface area is 200 Å². The van der Waals surface area contributed by atoms with Gasteiger partial charge in [-0.05, 0) is 12.3 Å². The van der Waals surface area contributed by atoms with E-state index in [9.17, 15) is 9.90 Å². The van der Waals surface area contributed by atoms with Crippen LogP contribution in [0.1, 0.15) is 52.4 Å². The minimum Gasteiger partial charge on any atom is -0.391 e. The van der Waals surface area contributed by atoms with Gasteiger partial charge in [0.05, 0.1) is 58.9 Å². The van der Waals surface area contributed by atoms with Crippen LogP contribution in [-0.4, -0.2) is 61.6 Å². The van der Waals surface area contributed by atoms with Gasteiger partial charge in [0.2, 0.25) is 5.91 Å². The topological polar surface area (TPSA) is 103 Å². The van der Waals surface area contributed by atoms with Crippen LogP contribution in [-0.2, 0) is 11.3 Å². The second-order valence-electron chi connectivity index (χ2n) is 10.1. The fourth-order valence-electron chi connectivity index (χ4n) is 4.01. The van der Waals surface area contributed by atoms with Gasteiger partial charge in [-0.25, -0.2) is 4.98 Å². The zero-order chi connectivity index (χ0) is 24.3. The molecule has 0 bridgehead atoms. The third-order valence-corrected chi connectivity index (χ3v) is 6.71. The highest BCUT2D eigenvalue weighted by atomic mass is 32.1. The second-order valence-corrected chi connectivity index (χ2v) is 10.9. The molecular weight excluding hydrogens is 436 g/mol. The number of hydrogen-bond acceptors (Lipinski definition) is 8. The van der Waals surface area contributed by atoms with Crippen molar-refractivity contribution < 1.29 is 9.90 Å². The van der Waals surface area contributed by atoms with Crippen molar-refractivity contribution in [2.45, 2.75) is 78.7 Å². The van der Waals surface area contributed by atoms with Crippen LogP contribution in [0.4, 0.5) is 0 Å². The number of aliphatic hydroxyl groups excluding tert-OH is 1.